The molecule has 0 amide bonds. The normalized spacial score (nSPS) is 20.3. The Morgan fingerprint density at radius 2 is 2.06 bits per heavy atom. The van der Waals surface area contributed by atoms with Gasteiger partial charge in [-0.3, -0.25) is 9.69 Å². The van der Waals surface area contributed by atoms with Gasteiger partial charge in [0.15, 0.2) is 5.82 Å². The molecule has 0 bridgehead atoms. The molecule has 8 heteroatoms. The molecule has 3 aromatic rings. The fourth-order valence-electron chi connectivity index (χ4n) is 5.54. The Morgan fingerprint density at radius 3 is 2.82 bits per heavy atom. The number of aromatic amines is 1. The van der Waals surface area contributed by atoms with E-state index in [0.717, 1.165) is 61.0 Å². The zero-order chi connectivity index (χ0) is 22.8. The topological polar surface area (TPSA) is 88.9 Å². The van der Waals surface area contributed by atoms with Crippen LogP contribution in [0.3, 0.4) is 0 Å². The highest BCUT2D eigenvalue weighted by Gasteiger charge is 2.33. The molecule has 2 fully saturated rings. The van der Waals surface area contributed by atoms with E-state index >= 15 is 0 Å². The first kappa shape index (κ1) is 22.2. The second kappa shape index (κ2) is 9.73. The minimum absolute atomic E-state index is 0.0110. The van der Waals surface area contributed by atoms with E-state index in [1.807, 2.05) is 16.8 Å². The van der Waals surface area contributed by atoms with Crippen molar-refractivity contribution in [1.82, 2.24) is 30.1 Å². The Morgan fingerprint density at radius 1 is 1.21 bits per heavy atom. The van der Waals surface area contributed by atoms with Crippen molar-refractivity contribution in [3.63, 3.8) is 0 Å². The number of pyridine rings is 1. The van der Waals surface area contributed by atoms with Crippen molar-refractivity contribution in [1.29, 1.82) is 0 Å². The molecule has 2 aromatic heterocycles. The fraction of sp³-hybridized carbons (Fsp3) is 0.600. The number of benzene rings is 1. The van der Waals surface area contributed by atoms with E-state index in [9.17, 15) is 4.79 Å². The maximum absolute atomic E-state index is 13.0. The number of ether oxygens (including phenoxy) is 1. The summed E-state index contributed by atoms with van der Waals surface area (Å²) in [5.41, 5.74) is 2.86. The van der Waals surface area contributed by atoms with Crippen molar-refractivity contribution in [2.45, 2.75) is 90.1 Å². The molecule has 1 saturated carbocycles. The van der Waals surface area contributed by atoms with Crippen LogP contribution >= 0.6 is 0 Å². The largest absolute Gasteiger partial charge is 0.376 e. The van der Waals surface area contributed by atoms with Gasteiger partial charge in [0.2, 0.25) is 0 Å². The van der Waals surface area contributed by atoms with E-state index in [-0.39, 0.29) is 17.7 Å². The molecular formula is C25H34N6O2. The Balaban J connectivity index is 1.48. The quantitative estimate of drug-likeness (QED) is 0.560. The molecule has 2 atom stereocenters. The molecule has 33 heavy (non-hydrogen) atoms. The average Bonchev–Trinajstić information content (AvgIpc) is 3.58. The van der Waals surface area contributed by atoms with Crippen LogP contribution in [0.25, 0.3) is 10.9 Å². The molecule has 3 heterocycles. The van der Waals surface area contributed by atoms with E-state index in [1.54, 1.807) is 0 Å². The molecule has 176 valence electrons. The van der Waals surface area contributed by atoms with E-state index in [1.165, 1.54) is 18.4 Å². The maximum Gasteiger partial charge on any atom is 0.252 e. The molecule has 0 spiro atoms. The third kappa shape index (κ3) is 4.73. The summed E-state index contributed by atoms with van der Waals surface area (Å²) in [6.07, 6.45) is 7.95. The number of H-pyrrole nitrogens is 1. The van der Waals surface area contributed by atoms with Crippen molar-refractivity contribution in [3.05, 3.63) is 51.6 Å². The van der Waals surface area contributed by atoms with Crippen LogP contribution in [0, 0.1) is 6.92 Å². The Hall–Kier alpha value is -2.58. The zero-order valence-corrected chi connectivity index (χ0v) is 19.7. The predicted molar refractivity (Wildman–Crippen MR) is 127 cm³/mol. The number of hydrogen-bond donors (Lipinski definition) is 1. The van der Waals surface area contributed by atoms with Crippen LogP contribution in [0.1, 0.15) is 74.9 Å². The monoisotopic (exact) mass is 450 g/mol. The van der Waals surface area contributed by atoms with Gasteiger partial charge in [-0.25, -0.2) is 4.68 Å². The smallest absolute Gasteiger partial charge is 0.252 e. The molecule has 1 aliphatic carbocycles. The lowest BCUT2D eigenvalue weighted by molar-refractivity contribution is 0.0839. The van der Waals surface area contributed by atoms with E-state index in [4.69, 9.17) is 4.74 Å². The molecular weight excluding hydrogens is 416 g/mol. The minimum atomic E-state index is -0.0110. The van der Waals surface area contributed by atoms with E-state index < -0.39 is 0 Å². The summed E-state index contributed by atoms with van der Waals surface area (Å²) < 4.78 is 7.77. The number of tetrazole rings is 1. The van der Waals surface area contributed by atoms with Crippen LogP contribution in [0.4, 0.5) is 0 Å². The van der Waals surface area contributed by atoms with Gasteiger partial charge in [-0.1, -0.05) is 31.4 Å². The number of aromatic nitrogens is 5. The second-order valence-corrected chi connectivity index (χ2v) is 9.60. The second-order valence-electron chi connectivity index (χ2n) is 9.60. The van der Waals surface area contributed by atoms with Gasteiger partial charge in [0.05, 0.1) is 18.7 Å². The molecule has 1 N–H and O–H groups in total. The third-order valence-electron chi connectivity index (χ3n) is 7.27. The summed E-state index contributed by atoms with van der Waals surface area (Å²) in [6, 6.07) is 8.69. The molecule has 1 aliphatic heterocycles. The lowest BCUT2D eigenvalue weighted by atomic mass is 10.0. The number of rotatable bonds is 8. The van der Waals surface area contributed by atoms with Crippen LogP contribution in [-0.4, -0.2) is 48.8 Å². The summed E-state index contributed by atoms with van der Waals surface area (Å²) in [7, 11) is 0. The number of fused-ring (bicyclic) bond motifs is 1. The van der Waals surface area contributed by atoms with Crippen molar-refractivity contribution in [2.75, 3.05) is 6.61 Å². The van der Waals surface area contributed by atoms with Crippen LogP contribution in [0.5, 0.6) is 0 Å². The molecule has 5 rings (SSSR count). The van der Waals surface area contributed by atoms with Gasteiger partial charge in [0.25, 0.3) is 5.56 Å². The van der Waals surface area contributed by atoms with Crippen LogP contribution in [0.15, 0.2) is 29.1 Å². The molecule has 0 unspecified atom stereocenters. The van der Waals surface area contributed by atoms with Crippen molar-refractivity contribution in [2.24, 2.45) is 0 Å². The van der Waals surface area contributed by atoms with Crippen molar-refractivity contribution < 1.29 is 4.74 Å². The molecule has 8 nitrogen and oxygen atoms in total. The summed E-state index contributed by atoms with van der Waals surface area (Å²) in [5, 5.41) is 13.9. The van der Waals surface area contributed by atoms with Crippen LogP contribution < -0.4 is 5.56 Å². The summed E-state index contributed by atoms with van der Waals surface area (Å²) in [6.45, 7) is 6.36. The van der Waals surface area contributed by atoms with Gasteiger partial charge >= 0.3 is 0 Å². The van der Waals surface area contributed by atoms with Crippen molar-refractivity contribution >= 4 is 10.9 Å². The van der Waals surface area contributed by atoms with Gasteiger partial charge in [0, 0.05) is 30.3 Å². The maximum atomic E-state index is 13.0. The number of nitrogens with zero attached hydrogens (tertiary/aromatic N) is 5. The molecule has 1 aromatic carbocycles. The Labute approximate surface area is 194 Å². The standard InChI is InChI=1S/C25H34N6O2/c1-3-23(24-27-28-29-31(24)16-21-9-6-12-33-21)30(20-7-4-5-8-20)15-19-14-18-13-17(2)10-11-22(18)26-25(19)32/h10-11,13-14,20-21,23H,3-9,12,15-16H2,1-2H3,(H,26,32)/t21-,23-/m0/s1. The van der Waals surface area contributed by atoms with Crippen LogP contribution in [0.2, 0.25) is 0 Å². The van der Waals surface area contributed by atoms with Gasteiger partial charge in [-0.05, 0) is 73.0 Å². The number of nitrogens with one attached hydrogen (secondary N) is 1. The van der Waals surface area contributed by atoms with E-state index in [0.29, 0.717) is 19.1 Å². The van der Waals surface area contributed by atoms with Gasteiger partial charge in [-0.15, -0.1) is 5.10 Å². The molecule has 1 saturated heterocycles. The zero-order valence-electron chi connectivity index (χ0n) is 19.7. The third-order valence-corrected chi connectivity index (χ3v) is 7.27. The Bertz CT molecular complexity index is 1140. The van der Waals surface area contributed by atoms with Gasteiger partial charge in [0.1, 0.15) is 0 Å². The highest BCUT2D eigenvalue weighted by molar-refractivity contribution is 5.79. The summed E-state index contributed by atoms with van der Waals surface area (Å²) in [4.78, 5) is 18.6. The fourth-order valence-corrected chi connectivity index (χ4v) is 5.54. The minimum Gasteiger partial charge on any atom is -0.376 e. The lowest BCUT2D eigenvalue weighted by Gasteiger charge is -2.35. The lowest BCUT2D eigenvalue weighted by Crippen LogP contribution is -2.39. The summed E-state index contributed by atoms with van der Waals surface area (Å²) in [5.74, 6) is 0.882. The predicted octanol–water partition coefficient (Wildman–Crippen LogP) is 3.90. The Kier molecular flexibility index (Phi) is 6.55. The highest BCUT2D eigenvalue weighted by Crippen LogP contribution is 2.34. The van der Waals surface area contributed by atoms with E-state index in [2.05, 4.69) is 51.4 Å². The van der Waals surface area contributed by atoms with Crippen molar-refractivity contribution in [3.8, 4) is 0 Å². The molecule has 0 radical (unpaired) electrons. The number of hydrogen-bond acceptors (Lipinski definition) is 6. The summed E-state index contributed by atoms with van der Waals surface area (Å²) >= 11 is 0. The van der Waals surface area contributed by atoms with Crippen LogP contribution in [-0.2, 0) is 17.8 Å². The highest BCUT2D eigenvalue weighted by atomic mass is 16.5. The first-order valence-electron chi connectivity index (χ1n) is 12.4. The molecule has 2 aliphatic rings. The number of aryl methyl sites for hydroxylation is 1. The first-order chi connectivity index (χ1) is 16.1. The van der Waals surface area contributed by atoms with Gasteiger partial charge < -0.3 is 9.72 Å². The SMILES string of the molecule is CC[C@@H](c1nnnn1C[C@@H]1CCCO1)N(Cc1cc2cc(C)ccc2[nH]c1=O)C1CCCC1. The van der Waals surface area contributed by atoms with Gasteiger partial charge in [-0.2, -0.15) is 0 Å². The average molecular weight is 451 g/mol. The first-order valence-corrected chi connectivity index (χ1v) is 12.4.